The van der Waals surface area contributed by atoms with E-state index in [1.54, 1.807) is 4.57 Å². The minimum atomic E-state index is -0.358. The van der Waals surface area contributed by atoms with Crippen LogP contribution < -0.4 is 0 Å². The third-order valence-electron chi connectivity index (χ3n) is 5.88. The number of benzene rings is 1. The van der Waals surface area contributed by atoms with Gasteiger partial charge in [0.15, 0.2) is 0 Å². The van der Waals surface area contributed by atoms with Crippen molar-refractivity contribution in [2.24, 2.45) is 5.92 Å². The molecule has 1 aliphatic heterocycles. The number of fused-ring (bicyclic) bond motifs is 5. The zero-order valence-corrected chi connectivity index (χ0v) is 15.4. The molecular weight excluding hydrogens is 332 g/mol. The number of methoxy groups -OCH3 is 1. The van der Waals surface area contributed by atoms with Crippen LogP contribution in [0, 0.1) is 5.92 Å². The van der Waals surface area contributed by atoms with E-state index in [1.165, 1.54) is 7.11 Å². The number of likely N-dealkylation sites (N-methyl/N-ethyl adjacent to an activating group) is 1. The Kier molecular flexibility index (Phi) is 4.23. The number of rotatable bonds is 2. The van der Waals surface area contributed by atoms with E-state index >= 15 is 0 Å². The highest BCUT2D eigenvalue weighted by molar-refractivity contribution is 5.94. The largest absolute Gasteiger partial charge is 0.465 e. The topological polar surface area (TPSA) is 60.8 Å². The van der Waals surface area contributed by atoms with Crippen LogP contribution in [0.1, 0.15) is 37.1 Å². The van der Waals surface area contributed by atoms with Gasteiger partial charge in [-0.25, -0.2) is 9.36 Å². The zero-order valence-electron chi connectivity index (χ0n) is 15.4. The van der Waals surface area contributed by atoms with E-state index in [9.17, 15) is 9.59 Å². The van der Waals surface area contributed by atoms with Crippen molar-refractivity contribution in [1.82, 2.24) is 9.47 Å². The van der Waals surface area contributed by atoms with Crippen LogP contribution in [0.3, 0.4) is 0 Å². The minimum absolute atomic E-state index is 0.115. The average molecular weight is 356 g/mol. The third kappa shape index (κ3) is 2.35. The predicted molar refractivity (Wildman–Crippen MR) is 97.1 cm³/mol. The van der Waals surface area contributed by atoms with E-state index in [0.29, 0.717) is 12.5 Å². The summed E-state index contributed by atoms with van der Waals surface area (Å²) < 4.78 is 12.0. The Balaban J connectivity index is 1.85. The van der Waals surface area contributed by atoms with E-state index in [0.717, 1.165) is 41.4 Å². The van der Waals surface area contributed by atoms with Gasteiger partial charge < -0.3 is 9.47 Å². The summed E-state index contributed by atoms with van der Waals surface area (Å²) in [6.07, 6.45) is 2.20. The van der Waals surface area contributed by atoms with Crippen molar-refractivity contribution in [3.8, 4) is 0 Å². The highest BCUT2D eigenvalue weighted by Gasteiger charge is 2.48. The lowest BCUT2D eigenvalue weighted by atomic mass is 9.82. The van der Waals surface area contributed by atoms with Gasteiger partial charge in [0.2, 0.25) is 0 Å². The van der Waals surface area contributed by atoms with E-state index in [1.807, 2.05) is 32.2 Å². The van der Waals surface area contributed by atoms with Gasteiger partial charge in [0.25, 0.3) is 0 Å². The number of nitrogens with zero attached hydrogens (tertiary/aromatic N) is 2. The fourth-order valence-electron chi connectivity index (χ4n) is 4.84. The average Bonchev–Trinajstić information content (AvgIpc) is 3.16. The van der Waals surface area contributed by atoms with Gasteiger partial charge >= 0.3 is 12.1 Å². The van der Waals surface area contributed by atoms with Crippen LogP contribution in [0.2, 0.25) is 0 Å². The number of hydrogen-bond acceptors (Lipinski definition) is 5. The molecule has 138 valence electrons. The van der Waals surface area contributed by atoms with Crippen LogP contribution >= 0.6 is 0 Å². The van der Waals surface area contributed by atoms with Crippen molar-refractivity contribution in [2.45, 2.75) is 38.3 Å². The maximum Gasteiger partial charge on any atom is 0.418 e. The predicted octanol–water partition coefficient (Wildman–Crippen LogP) is 3.13. The van der Waals surface area contributed by atoms with Crippen molar-refractivity contribution in [3.63, 3.8) is 0 Å². The quantitative estimate of drug-likeness (QED) is 0.774. The van der Waals surface area contributed by atoms with Gasteiger partial charge in [-0.1, -0.05) is 18.2 Å². The summed E-state index contributed by atoms with van der Waals surface area (Å²) in [4.78, 5) is 27.0. The number of hydrogen-bond donors (Lipinski definition) is 0. The summed E-state index contributed by atoms with van der Waals surface area (Å²) in [6.45, 7) is 2.23. The number of aromatic nitrogens is 1. The number of esters is 1. The van der Waals surface area contributed by atoms with Gasteiger partial charge in [-0.15, -0.1) is 0 Å². The lowest BCUT2D eigenvalue weighted by Crippen LogP contribution is -2.36. The molecule has 1 fully saturated rings. The van der Waals surface area contributed by atoms with Crippen LogP contribution in [0.25, 0.3) is 10.9 Å². The van der Waals surface area contributed by atoms with Gasteiger partial charge in [0.05, 0.1) is 19.2 Å². The zero-order chi connectivity index (χ0) is 18.4. The Hall–Kier alpha value is -2.34. The molecule has 1 aliphatic carbocycles. The molecule has 0 saturated carbocycles. The maximum absolute atomic E-state index is 12.4. The Morgan fingerprint density at radius 2 is 2.04 bits per heavy atom. The van der Waals surface area contributed by atoms with E-state index in [-0.39, 0.29) is 24.1 Å². The molecule has 2 aromatic rings. The summed E-state index contributed by atoms with van der Waals surface area (Å²) >= 11 is 0. The van der Waals surface area contributed by atoms with Gasteiger partial charge in [0.1, 0.15) is 6.04 Å². The number of likely N-dealkylation sites (tertiary alicyclic amines) is 1. The van der Waals surface area contributed by atoms with Crippen molar-refractivity contribution < 1.29 is 19.1 Å². The molecule has 1 saturated heterocycles. The van der Waals surface area contributed by atoms with Crippen molar-refractivity contribution in [3.05, 3.63) is 35.5 Å². The van der Waals surface area contributed by atoms with Crippen molar-refractivity contribution >= 4 is 23.0 Å². The minimum Gasteiger partial charge on any atom is -0.465 e. The summed E-state index contributed by atoms with van der Waals surface area (Å²) in [5.74, 6) is 0.237. The molecule has 2 aliphatic rings. The van der Waals surface area contributed by atoms with E-state index < -0.39 is 0 Å². The second-order valence-electron chi connectivity index (χ2n) is 7.10. The fourth-order valence-corrected chi connectivity index (χ4v) is 4.84. The lowest BCUT2D eigenvalue weighted by Gasteiger charge is -2.31. The van der Waals surface area contributed by atoms with E-state index in [4.69, 9.17) is 9.47 Å². The van der Waals surface area contributed by atoms with Gasteiger partial charge in [-0.05, 0) is 50.8 Å². The number of ether oxygens (including phenoxy) is 2. The molecular formula is C20H24N2O4. The molecule has 0 amide bonds. The van der Waals surface area contributed by atoms with Gasteiger partial charge in [-0.2, -0.15) is 0 Å². The molecule has 0 spiro atoms. The Bertz CT molecular complexity index is 872. The number of carbonyl (C=O) groups is 2. The van der Waals surface area contributed by atoms with Crippen molar-refractivity contribution in [2.75, 3.05) is 20.8 Å². The Morgan fingerprint density at radius 1 is 1.27 bits per heavy atom. The van der Waals surface area contributed by atoms with Gasteiger partial charge in [0, 0.05) is 17.1 Å². The maximum atomic E-state index is 12.4. The van der Waals surface area contributed by atoms with Crippen molar-refractivity contribution in [1.29, 1.82) is 0 Å². The van der Waals surface area contributed by atoms with E-state index in [2.05, 4.69) is 11.0 Å². The summed E-state index contributed by atoms with van der Waals surface area (Å²) in [5.41, 5.74) is 3.05. The highest BCUT2D eigenvalue weighted by Crippen LogP contribution is 2.50. The van der Waals surface area contributed by atoms with Crippen LogP contribution in [0.15, 0.2) is 24.3 Å². The molecule has 0 bridgehead atoms. The molecule has 2 heterocycles. The standard InChI is InChI=1S/C20H24N2O4/c1-4-26-19(23)16-11-12-9-10-15-17(18(12)21(16)2)13-7-5-6-8-14(13)22(15)20(24)25-3/h5-8,12,16,18H,4,9-11H2,1-3H3/t12-,16+,18+/m0/s1. The van der Waals surface area contributed by atoms with Gasteiger partial charge in [-0.3, -0.25) is 9.69 Å². The first-order chi connectivity index (χ1) is 12.6. The molecule has 3 atom stereocenters. The summed E-state index contributed by atoms with van der Waals surface area (Å²) in [6, 6.07) is 7.83. The van der Waals surface area contributed by atoms with Crippen LogP contribution in [-0.2, 0) is 20.7 Å². The Morgan fingerprint density at radius 3 is 2.77 bits per heavy atom. The van der Waals surface area contributed by atoms with Crippen LogP contribution in [0.5, 0.6) is 0 Å². The molecule has 4 rings (SSSR count). The summed E-state index contributed by atoms with van der Waals surface area (Å²) in [5, 5.41) is 1.07. The normalized spacial score (nSPS) is 25.0. The molecule has 0 N–H and O–H groups in total. The lowest BCUT2D eigenvalue weighted by molar-refractivity contribution is -0.148. The molecule has 0 radical (unpaired) electrons. The monoisotopic (exact) mass is 356 g/mol. The second-order valence-corrected chi connectivity index (χ2v) is 7.10. The SMILES string of the molecule is CCOC(=O)[C@H]1C[C@@H]2CCc3c(c4ccccc4n3C(=O)OC)[C@@H]2N1C. The number of carbonyl (C=O) groups excluding carboxylic acids is 2. The first-order valence-electron chi connectivity index (χ1n) is 9.17. The molecule has 6 nitrogen and oxygen atoms in total. The molecule has 0 unspecified atom stereocenters. The molecule has 1 aromatic carbocycles. The second kappa shape index (κ2) is 6.43. The molecule has 1 aromatic heterocycles. The summed E-state index contributed by atoms with van der Waals surface area (Å²) in [7, 11) is 3.40. The molecule has 26 heavy (non-hydrogen) atoms. The third-order valence-corrected chi connectivity index (χ3v) is 5.88. The highest BCUT2D eigenvalue weighted by atomic mass is 16.5. The first kappa shape index (κ1) is 17.1. The number of para-hydroxylation sites is 1. The smallest absolute Gasteiger partial charge is 0.418 e. The molecule has 6 heteroatoms. The van der Waals surface area contributed by atoms with Crippen LogP contribution in [0.4, 0.5) is 4.79 Å². The first-order valence-corrected chi connectivity index (χ1v) is 9.17. The fraction of sp³-hybridized carbons (Fsp3) is 0.500. The Labute approximate surface area is 152 Å². The van der Waals surface area contributed by atoms with Crippen LogP contribution in [-0.4, -0.2) is 48.3 Å².